The summed E-state index contributed by atoms with van der Waals surface area (Å²) in [5.74, 6) is -0.770. The summed E-state index contributed by atoms with van der Waals surface area (Å²) < 4.78 is 2.10. The molecule has 1 aromatic heterocycles. The average Bonchev–Trinajstić information content (AvgIpc) is 2.76. The van der Waals surface area contributed by atoms with E-state index in [0.717, 1.165) is 0 Å². The smallest absolute Gasteiger partial charge is 0.337 e. The molecule has 2 rings (SSSR count). The number of aliphatic hydroxyl groups is 1. The second kappa shape index (κ2) is 4.64. The molecule has 1 aromatic carbocycles. The fraction of sp³-hybridized carbons (Fsp3) is 0.100. The first-order valence-corrected chi connectivity index (χ1v) is 5.45. The first-order chi connectivity index (χ1) is 8.13. The van der Waals surface area contributed by atoms with E-state index in [1.165, 1.54) is 17.0 Å². The van der Waals surface area contributed by atoms with Crippen molar-refractivity contribution in [2.45, 2.75) is 6.61 Å². The minimum atomic E-state index is -1.06. The molecule has 0 aliphatic carbocycles. The Hall–Kier alpha value is -1.73. The van der Waals surface area contributed by atoms with Crippen LogP contribution in [0.4, 0.5) is 0 Å². The van der Waals surface area contributed by atoms with Crippen LogP contribution in [0.25, 0.3) is 5.69 Å². The van der Waals surface area contributed by atoms with Crippen molar-refractivity contribution in [3.05, 3.63) is 40.4 Å². The minimum Gasteiger partial charge on any atom is -0.478 e. The molecule has 0 amide bonds. The number of hydrogen-bond donors (Lipinski definition) is 2. The lowest BCUT2D eigenvalue weighted by atomic mass is 10.2. The average molecular weight is 298 g/mol. The summed E-state index contributed by atoms with van der Waals surface area (Å²) in [4.78, 5) is 11.1. The highest BCUT2D eigenvalue weighted by Crippen LogP contribution is 2.21. The Morgan fingerprint density at radius 2 is 2.24 bits per heavy atom. The Morgan fingerprint density at radius 3 is 2.88 bits per heavy atom. The van der Waals surface area contributed by atoms with Gasteiger partial charge in [-0.2, -0.15) is 0 Å². The molecule has 17 heavy (non-hydrogen) atoms. The van der Waals surface area contributed by atoms with E-state index in [0.29, 0.717) is 10.2 Å². The van der Waals surface area contributed by atoms with Crippen LogP contribution in [-0.4, -0.2) is 30.9 Å². The van der Waals surface area contributed by atoms with E-state index in [1.54, 1.807) is 12.1 Å². The van der Waals surface area contributed by atoms with Crippen LogP contribution in [0, 0.1) is 0 Å². The standard InChI is InChI=1S/C10H8BrN3O3/c11-6-1-2-8(7(3-6)10(16)17)14-5-12-13-9(14)4-15/h1-3,5,15H,4H2,(H,16,17). The van der Waals surface area contributed by atoms with Gasteiger partial charge in [0, 0.05) is 4.47 Å². The van der Waals surface area contributed by atoms with E-state index < -0.39 is 5.97 Å². The molecule has 1 heterocycles. The molecule has 6 nitrogen and oxygen atoms in total. The Balaban J connectivity index is 2.63. The topological polar surface area (TPSA) is 88.2 Å². The largest absolute Gasteiger partial charge is 0.478 e. The highest BCUT2D eigenvalue weighted by Gasteiger charge is 2.14. The van der Waals surface area contributed by atoms with Crippen LogP contribution >= 0.6 is 15.9 Å². The normalized spacial score (nSPS) is 10.5. The maximum absolute atomic E-state index is 11.1. The van der Waals surface area contributed by atoms with Gasteiger partial charge < -0.3 is 10.2 Å². The molecular weight excluding hydrogens is 290 g/mol. The second-order valence-corrected chi connectivity index (χ2v) is 4.16. The summed E-state index contributed by atoms with van der Waals surface area (Å²) in [6.45, 7) is -0.310. The molecule has 0 aliphatic rings. The molecule has 88 valence electrons. The molecular formula is C10H8BrN3O3. The summed E-state index contributed by atoms with van der Waals surface area (Å²) in [6.07, 6.45) is 1.36. The number of aliphatic hydroxyl groups excluding tert-OH is 1. The number of aromatic nitrogens is 3. The fourth-order valence-electron chi connectivity index (χ4n) is 1.46. The van der Waals surface area contributed by atoms with E-state index in [-0.39, 0.29) is 18.0 Å². The van der Waals surface area contributed by atoms with Gasteiger partial charge in [-0.05, 0) is 18.2 Å². The van der Waals surface area contributed by atoms with Gasteiger partial charge in [-0.1, -0.05) is 15.9 Å². The number of benzene rings is 1. The van der Waals surface area contributed by atoms with Crippen LogP contribution in [0.2, 0.25) is 0 Å². The van der Waals surface area contributed by atoms with Crippen LogP contribution in [0.1, 0.15) is 16.2 Å². The third kappa shape index (κ3) is 2.20. The van der Waals surface area contributed by atoms with Crippen molar-refractivity contribution in [2.75, 3.05) is 0 Å². The number of carboxylic acids is 1. The van der Waals surface area contributed by atoms with Gasteiger partial charge in [0.1, 0.15) is 12.9 Å². The number of carbonyl (C=O) groups is 1. The van der Waals surface area contributed by atoms with Crippen molar-refractivity contribution in [3.63, 3.8) is 0 Å². The van der Waals surface area contributed by atoms with Crippen molar-refractivity contribution in [1.29, 1.82) is 0 Å². The summed E-state index contributed by atoms with van der Waals surface area (Å²) in [7, 11) is 0. The van der Waals surface area contributed by atoms with Crippen LogP contribution < -0.4 is 0 Å². The van der Waals surface area contributed by atoms with Gasteiger partial charge in [0.2, 0.25) is 0 Å². The lowest BCUT2D eigenvalue weighted by Gasteiger charge is -2.08. The first kappa shape index (κ1) is 11.7. The van der Waals surface area contributed by atoms with Gasteiger partial charge in [0.25, 0.3) is 0 Å². The molecule has 0 bridgehead atoms. The number of rotatable bonds is 3. The van der Waals surface area contributed by atoms with Gasteiger partial charge in [-0.15, -0.1) is 10.2 Å². The van der Waals surface area contributed by atoms with Crippen LogP contribution in [-0.2, 0) is 6.61 Å². The van der Waals surface area contributed by atoms with E-state index in [9.17, 15) is 4.79 Å². The molecule has 0 unspecified atom stereocenters. The zero-order valence-corrected chi connectivity index (χ0v) is 10.1. The predicted octanol–water partition coefficient (Wildman–Crippen LogP) is 1.22. The number of nitrogens with zero attached hydrogens (tertiary/aromatic N) is 3. The monoisotopic (exact) mass is 297 g/mol. The van der Waals surface area contributed by atoms with Gasteiger partial charge in [-0.25, -0.2) is 4.79 Å². The molecule has 0 spiro atoms. The first-order valence-electron chi connectivity index (χ1n) is 4.66. The summed E-state index contributed by atoms with van der Waals surface area (Å²) >= 11 is 3.21. The van der Waals surface area contributed by atoms with Gasteiger partial charge >= 0.3 is 5.97 Å². The van der Waals surface area contributed by atoms with E-state index >= 15 is 0 Å². The lowest BCUT2D eigenvalue weighted by Crippen LogP contribution is -2.07. The molecule has 0 saturated heterocycles. The molecule has 2 aromatic rings. The Morgan fingerprint density at radius 1 is 1.47 bits per heavy atom. The highest BCUT2D eigenvalue weighted by molar-refractivity contribution is 9.10. The molecule has 0 atom stereocenters. The van der Waals surface area contributed by atoms with Crippen molar-refractivity contribution >= 4 is 21.9 Å². The van der Waals surface area contributed by atoms with Gasteiger partial charge in [0.05, 0.1) is 11.3 Å². The third-order valence-electron chi connectivity index (χ3n) is 2.21. The molecule has 7 heteroatoms. The zero-order valence-electron chi connectivity index (χ0n) is 8.54. The number of aromatic carboxylic acids is 1. The summed E-state index contributed by atoms with van der Waals surface area (Å²) in [5, 5.41) is 25.5. The quantitative estimate of drug-likeness (QED) is 0.889. The van der Waals surface area contributed by atoms with E-state index in [1.807, 2.05) is 0 Å². The third-order valence-corrected chi connectivity index (χ3v) is 2.70. The van der Waals surface area contributed by atoms with E-state index in [2.05, 4.69) is 26.1 Å². The SMILES string of the molecule is O=C(O)c1cc(Br)ccc1-n1cnnc1CO. The van der Waals surface area contributed by atoms with Crippen molar-refractivity contribution < 1.29 is 15.0 Å². The number of carboxylic acid groups (broad SMARTS) is 1. The van der Waals surface area contributed by atoms with Gasteiger partial charge in [0.15, 0.2) is 5.82 Å². The summed E-state index contributed by atoms with van der Waals surface area (Å²) in [6, 6.07) is 4.82. The highest BCUT2D eigenvalue weighted by atomic mass is 79.9. The molecule has 0 aliphatic heterocycles. The fourth-order valence-corrected chi connectivity index (χ4v) is 1.82. The Labute approximate surface area is 105 Å². The maximum atomic E-state index is 11.1. The van der Waals surface area contributed by atoms with Crippen LogP contribution in [0.5, 0.6) is 0 Å². The van der Waals surface area contributed by atoms with Crippen molar-refractivity contribution in [3.8, 4) is 5.69 Å². The molecule has 0 radical (unpaired) electrons. The lowest BCUT2D eigenvalue weighted by molar-refractivity contribution is 0.0696. The van der Waals surface area contributed by atoms with Crippen LogP contribution in [0.3, 0.4) is 0 Å². The van der Waals surface area contributed by atoms with Crippen molar-refractivity contribution in [2.24, 2.45) is 0 Å². The van der Waals surface area contributed by atoms with Gasteiger partial charge in [-0.3, -0.25) is 4.57 Å². The molecule has 0 saturated carbocycles. The number of halogens is 1. The zero-order chi connectivity index (χ0) is 12.4. The summed E-state index contributed by atoms with van der Waals surface area (Å²) in [5.41, 5.74) is 0.517. The Bertz CT molecular complexity index is 568. The Kier molecular flexibility index (Phi) is 3.21. The van der Waals surface area contributed by atoms with Crippen LogP contribution in [0.15, 0.2) is 29.0 Å². The number of hydrogen-bond acceptors (Lipinski definition) is 4. The second-order valence-electron chi connectivity index (χ2n) is 3.24. The van der Waals surface area contributed by atoms with Crippen molar-refractivity contribution in [1.82, 2.24) is 14.8 Å². The predicted molar refractivity (Wildman–Crippen MR) is 61.9 cm³/mol. The minimum absolute atomic E-state index is 0.105. The van der Waals surface area contributed by atoms with E-state index in [4.69, 9.17) is 10.2 Å². The molecule has 0 fully saturated rings. The maximum Gasteiger partial charge on any atom is 0.337 e. The molecule has 2 N–H and O–H groups in total.